The Kier molecular flexibility index (Phi) is 8.75. The van der Waals surface area contributed by atoms with E-state index < -0.39 is 0 Å². The van der Waals surface area contributed by atoms with Crippen molar-refractivity contribution in [2.75, 3.05) is 0 Å². The van der Waals surface area contributed by atoms with Gasteiger partial charge in [-0.1, -0.05) is 90.9 Å². The zero-order valence-corrected chi connectivity index (χ0v) is 24.7. The fourth-order valence-electron chi connectivity index (χ4n) is 6.63. The average Bonchev–Trinajstić information content (AvgIpc) is 3.74. The van der Waals surface area contributed by atoms with E-state index in [1.807, 2.05) is 36.6 Å². The lowest BCUT2D eigenvalue weighted by Crippen LogP contribution is -2.35. The van der Waals surface area contributed by atoms with Crippen LogP contribution >= 0.6 is 0 Å². The van der Waals surface area contributed by atoms with Gasteiger partial charge in [0.25, 0.3) is 0 Å². The Morgan fingerprint density at radius 2 is 1.77 bits per heavy atom. The first-order valence-electron chi connectivity index (χ1n) is 15.4. The highest BCUT2D eigenvalue weighted by atomic mass is 16.1. The number of rotatable bonds is 9. The highest BCUT2D eigenvalue weighted by molar-refractivity contribution is 6.11. The van der Waals surface area contributed by atoms with Crippen molar-refractivity contribution in [3.8, 4) is 12.3 Å². The zero-order valence-electron chi connectivity index (χ0n) is 24.7. The molecule has 3 aliphatic rings. The minimum absolute atomic E-state index is 0.103. The number of carbonyl (C=O) groups excluding carboxylic acids is 1. The van der Waals surface area contributed by atoms with Gasteiger partial charge in [0.15, 0.2) is 0 Å². The molecule has 2 atom stereocenters. The van der Waals surface area contributed by atoms with Crippen molar-refractivity contribution in [2.45, 2.75) is 63.5 Å². The van der Waals surface area contributed by atoms with Crippen LogP contribution in [-0.2, 0) is 17.8 Å². The van der Waals surface area contributed by atoms with Crippen LogP contribution in [0.1, 0.15) is 78.2 Å². The lowest BCUT2D eigenvalue weighted by Gasteiger charge is -2.33. The molecule has 2 aliphatic carbocycles. The molecular formula is C38H38N4O. The van der Waals surface area contributed by atoms with Gasteiger partial charge in [0.1, 0.15) is 5.82 Å². The molecule has 0 spiro atoms. The number of terminal acetylenes is 1. The molecule has 6 rings (SSSR count). The molecule has 0 bridgehead atoms. The number of aromatic nitrogens is 2. The molecule has 2 aromatic carbocycles. The summed E-state index contributed by atoms with van der Waals surface area (Å²) < 4.78 is 0. The number of nitrogens with zero attached hydrogens (tertiary/aromatic N) is 3. The summed E-state index contributed by atoms with van der Waals surface area (Å²) in [7, 11) is 0. The van der Waals surface area contributed by atoms with Crippen molar-refractivity contribution < 1.29 is 4.79 Å². The second kappa shape index (κ2) is 13.2. The van der Waals surface area contributed by atoms with E-state index in [4.69, 9.17) is 11.4 Å². The Hall–Kier alpha value is -4.56. The van der Waals surface area contributed by atoms with Gasteiger partial charge in [-0.05, 0) is 66.7 Å². The van der Waals surface area contributed by atoms with Crippen molar-refractivity contribution >= 4 is 17.7 Å². The maximum Gasteiger partial charge on any atom is 0.228 e. The molecule has 0 saturated heterocycles. The summed E-state index contributed by atoms with van der Waals surface area (Å²) in [6.07, 6.45) is 24.9. The monoisotopic (exact) mass is 566 g/mol. The van der Waals surface area contributed by atoms with Gasteiger partial charge >= 0.3 is 0 Å². The highest BCUT2D eigenvalue weighted by Gasteiger charge is 2.34. The van der Waals surface area contributed by atoms with Crippen molar-refractivity contribution in [3.63, 3.8) is 0 Å². The van der Waals surface area contributed by atoms with Gasteiger partial charge in [-0.3, -0.25) is 9.79 Å². The molecular weight excluding hydrogens is 528 g/mol. The number of amides is 1. The van der Waals surface area contributed by atoms with E-state index in [0.717, 1.165) is 71.4 Å². The van der Waals surface area contributed by atoms with Gasteiger partial charge in [0, 0.05) is 31.3 Å². The Labute approximate surface area is 255 Å². The second-order valence-corrected chi connectivity index (χ2v) is 12.0. The lowest BCUT2D eigenvalue weighted by molar-refractivity contribution is -0.124. The van der Waals surface area contributed by atoms with Crippen molar-refractivity contribution in [1.82, 2.24) is 15.3 Å². The molecule has 43 heavy (non-hydrogen) atoms. The number of hydrogen-bond acceptors (Lipinski definition) is 4. The predicted molar refractivity (Wildman–Crippen MR) is 174 cm³/mol. The average molecular weight is 567 g/mol. The Balaban J connectivity index is 1.15. The minimum atomic E-state index is -0.192. The number of hydrogen-bond donors (Lipinski definition) is 1. The van der Waals surface area contributed by atoms with Crippen LogP contribution in [0.4, 0.5) is 0 Å². The summed E-state index contributed by atoms with van der Waals surface area (Å²) >= 11 is 0. The third-order valence-electron chi connectivity index (χ3n) is 8.99. The van der Waals surface area contributed by atoms with E-state index >= 15 is 0 Å². The smallest absolute Gasteiger partial charge is 0.228 e. The summed E-state index contributed by atoms with van der Waals surface area (Å²) in [4.78, 5) is 27.8. The molecule has 1 saturated carbocycles. The Bertz CT molecular complexity index is 1590. The van der Waals surface area contributed by atoms with Gasteiger partial charge in [0.2, 0.25) is 5.91 Å². The standard InChI is InChI=1S/C38H38N4O/c1-3-29-24-40-35(42-37(29)33-11-7-8-12-33)22-27-13-15-31(16-14-27)36(38(43)41-23-28-9-5-4-6-10-28)32-19-17-30(18-20-32)34-21-26(2)39-25-34/h1,4-12,17-21,24-27,31,33,36H,13-16,22-23H2,2H3,(H,41,43)/t26?,27-,31-,36?. The summed E-state index contributed by atoms with van der Waals surface area (Å²) in [5.74, 6) is 4.40. The molecule has 3 aromatic rings. The number of aliphatic imine (C=N–C) groups is 1. The van der Waals surface area contributed by atoms with Crippen LogP contribution in [0.2, 0.25) is 0 Å². The quantitative estimate of drug-likeness (QED) is 0.284. The van der Waals surface area contributed by atoms with Crippen LogP contribution in [0.5, 0.6) is 0 Å². The zero-order chi connectivity index (χ0) is 29.6. The second-order valence-electron chi connectivity index (χ2n) is 12.0. The van der Waals surface area contributed by atoms with Crippen molar-refractivity contribution in [2.24, 2.45) is 16.8 Å². The molecule has 1 aromatic heterocycles. The van der Waals surface area contributed by atoms with E-state index in [9.17, 15) is 4.79 Å². The fourth-order valence-corrected chi connectivity index (χ4v) is 6.63. The van der Waals surface area contributed by atoms with Crippen LogP contribution in [0.15, 0.2) is 96.2 Å². The topological polar surface area (TPSA) is 67.2 Å². The molecule has 2 unspecified atom stereocenters. The molecule has 1 amide bonds. The van der Waals surface area contributed by atoms with Crippen LogP contribution in [0, 0.1) is 24.2 Å². The van der Waals surface area contributed by atoms with E-state index in [1.54, 1.807) is 6.20 Å². The summed E-state index contributed by atoms with van der Waals surface area (Å²) in [6.45, 7) is 2.62. The predicted octanol–water partition coefficient (Wildman–Crippen LogP) is 6.97. The first-order chi connectivity index (χ1) is 21.1. The molecule has 5 nitrogen and oxygen atoms in total. The lowest BCUT2D eigenvalue weighted by atomic mass is 9.72. The number of carbonyl (C=O) groups is 1. The Morgan fingerprint density at radius 1 is 1.02 bits per heavy atom. The van der Waals surface area contributed by atoms with Crippen LogP contribution in [0.3, 0.4) is 0 Å². The largest absolute Gasteiger partial charge is 0.351 e. The molecule has 1 fully saturated rings. The minimum Gasteiger partial charge on any atom is -0.351 e. The van der Waals surface area contributed by atoms with Gasteiger partial charge in [-0.25, -0.2) is 9.97 Å². The summed E-state index contributed by atoms with van der Waals surface area (Å²) in [6, 6.07) is 18.9. The summed E-state index contributed by atoms with van der Waals surface area (Å²) in [5.41, 5.74) is 6.15. The van der Waals surface area contributed by atoms with Crippen molar-refractivity contribution in [3.05, 3.63) is 125 Å². The highest BCUT2D eigenvalue weighted by Crippen LogP contribution is 2.40. The number of nitrogens with one attached hydrogen (secondary N) is 1. The molecule has 2 heterocycles. The number of allylic oxidation sites excluding steroid dienone is 5. The normalized spacial score (nSPS) is 21.9. The van der Waals surface area contributed by atoms with Gasteiger partial charge in [0.05, 0.1) is 23.2 Å². The molecule has 216 valence electrons. The Morgan fingerprint density at radius 3 is 2.44 bits per heavy atom. The molecule has 5 heteroatoms. The van der Waals surface area contributed by atoms with Crippen molar-refractivity contribution in [1.29, 1.82) is 0 Å². The summed E-state index contributed by atoms with van der Waals surface area (Å²) in [5, 5.41) is 3.25. The van der Waals surface area contributed by atoms with Crippen LogP contribution < -0.4 is 5.32 Å². The first-order valence-corrected chi connectivity index (χ1v) is 15.4. The third-order valence-corrected chi connectivity index (χ3v) is 8.99. The van der Waals surface area contributed by atoms with Gasteiger partial charge in [-0.15, -0.1) is 6.42 Å². The van der Waals surface area contributed by atoms with Gasteiger partial charge < -0.3 is 5.32 Å². The van der Waals surface area contributed by atoms with E-state index in [0.29, 0.717) is 12.5 Å². The SMILES string of the molecule is C#Cc1cnc(C[C@H]2CC[C@H](C(C(=O)NCc3ccccc3)c3ccc(C4=CC(C)N=C4)cc3)CC2)nc1C1C=CC=C1. The number of benzene rings is 2. The molecule has 1 N–H and O–H groups in total. The maximum atomic E-state index is 13.8. The fraction of sp³-hybridized carbons (Fsp3) is 0.316. The maximum absolute atomic E-state index is 13.8. The van der Waals surface area contributed by atoms with Crippen LogP contribution in [-0.4, -0.2) is 28.1 Å². The molecule has 1 aliphatic heterocycles. The van der Waals surface area contributed by atoms with Gasteiger partial charge in [-0.2, -0.15) is 0 Å². The van der Waals surface area contributed by atoms with E-state index in [2.05, 4.69) is 82.8 Å². The molecule has 0 radical (unpaired) electrons. The third kappa shape index (κ3) is 6.75. The first kappa shape index (κ1) is 28.6. The van der Waals surface area contributed by atoms with Crippen LogP contribution in [0.25, 0.3) is 5.57 Å². The van der Waals surface area contributed by atoms with E-state index in [1.165, 1.54) is 0 Å². The van der Waals surface area contributed by atoms with E-state index in [-0.39, 0.29) is 29.7 Å².